The summed E-state index contributed by atoms with van der Waals surface area (Å²) in [5, 5.41) is 1.25. The molecule has 1 aromatic carbocycles. The molecule has 1 fully saturated rings. The van der Waals surface area contributed by atoms with Crippen LogP contribution in [0.2, 0.25) is 10.0 Å². The van der Waals surface area contributed by atoms with Gasteiger partial charge in [-0.15, -0.1) is 0 Å². The molecule has 0 spiro atoms. The van der Waals surface area contributed by atoms with Gasteiger partial charge in [0.15, 0.2) is 0 Å². The summed E-state index contributed by atoms with van der Waals surface area (Å²) in [5.74, 6) is 0.771. The van der Waals surface area contributed by atoms with Gasteiger partial charge < -0.3 is 5.73 Å². The highest BCUT2D eigenvalue weighted by Crippen LogP contribution is 2.33. The summed E-state index contributed by atoms with van der Waals surface area (Å²) in [7, 11) is 0. The van der Waals surface area contributed by atoms with Crippen LogP contribution in [0.5, 0.6) is 0 Å². The zero-order chi connectivity index (χ0) is 10.8. The van der Waals surface area contributed by atoms with Crippen molar-refractivity contribution < 1.29 is 0 Å². The number of hydrogen-bond donors (Lipinski definition) is 1. The van der Waals surface area contributed by atoms with Gasteiger partial charge in [0.05, 0.1) is 10.0 Å². The molecule has 1 aromatic rings. The molecule has 1 saturated carbocycles. The Labute approximate surface area is 101 Å². The predicted molar refractivity (Wildman–Crippen MR) is 65.5 cm³/mol. The molecule has 15 heavy (non-hydrogen) atoms. The van der Waals surface area contributed by atoms with Crippen molar-refractivity contribution in [2.75, 3.05) is 0 Å². The van der Waals surface area contributed by atoms with Crippen LogP contribution < -0.4 is 5.73 Å². The monoisotopic (exact) mass is 243 g/mol. The highest BCUT2D eigenvalue weighted by atomic mass is 35.5. The summed E-state index contributed by atoms with van der Waals surface area (Å²) in [6, 6.07) is 6.17. The van der Waals surface area contributed by atoms with Crippen LogP contribution in [-0.2, 0) is 6.42 Å². The second-order valence-corrected chi connectivity index (χ2v) is 5.10. The Morgan fingerprint density at radius 2 is 2.00 bits per heavy atom. The van der Waals surface area contributed by atoms with E-state index in [1.54, 1.807) is 0 Å². The number of halogens is 2. The number of hydrogen-bond acceptors (Lipinski definition) is 1. The normalized spacial score (nSPS) is 17.8. The van der Waals surface area contributed by atoms with E-state index >= 15 is 0 Å². The van der Waals surface area contributed by atoms with Crippen molar-refractivity contribution in [1.82, 2.24) is 0 Å². The predicted octanol–water partition coefficient (Wildman–Crippen LogP) is 3.66. The van der Waals surface area contributed by atoms with Crippen LogP contribution >= 0.6 is 23.2 Å². The van der Waals surface area contributed by atoms with E-state index in [1.165, 1.54) is 18.4 Å². The van der Waals surface area contributed by atoms with E-state index in [0.29, 0.717) is 16.1 Å². The minimum Gasteiger partial charge on any atom is -0.327 e. The van der Waals surface area contributed by atoms with Crippen LogP contribution in [0.15, 0.2) is 18.2 Å². The molecule has 3 heteroatoms. The SMILES string of the molecule is NC(CCc1ccc(Cl)c(Cl)c1)C1CC1. The molecule has 1 aliphatic carbocycles. The van der Waals surface area contributed by atoms with E-state index in [-0.39, 0.29) is 0 Å². The third-order valence-corrected chi connectivity index (χ3v) is 3.72. The van der Waals surface area contributed by atoms with Gasteiger partial charge in [0.1, 0.15) is 0 Å². The fourth-order valence-electron chi connectivity index (χ4n) is 1.79. The first-order valence-electron chi connectivity index (χ1n) is 5.36. The standard InChI is InChI=1S/C12H15Cl2N/c13-10-5-1-8(7-11(10)14)2-6-12(15)9-3-4-9/h1,5,7,9,12H,2-4,6,15H2. The van der Waals surface area contributed by atoms with Gasteiger partial charge in [-0.3, -0.25) is 0 Å². The number of benzene rings is 1. The fourth-order valence-corrected chi connectivity index (χ4v) is 2.11. The first-order chi connectivity index (χ1) is 7.16. The van der Waals surface area contributed by atoms with Gasteiger partial charge in [-0.1, -0.05) is 29.3 Å². The van der Waals surface area contributed by atoms with E-state index in [1.807, 2.05) is 18.2 Å². The molecule has 0 heterocycles. The van der Waals surface area contributed by atoms with Crippen molar-refractivity contribution in [3.05, 3.63) is 33.8 Å². The largest absolute Gasteiger partial charge is 0.327 e. The van der Waals surface area contributed by atoms with Crippen LogP contribution in [0.25, 0.3) is 0 Å². The van der Waals surface area contributed by atoms with Gasteiger partial charge in [0.2, 0.25) is 0 Å². The van der Waals surface area contributed by atoms with Crippen molar-refractivity contribution in [2.45, 2.75) is 31.7 Å². The average molecular weight is 244 g/mol. The van der Waals surface area contributed by atoms with E-state index in [0.717, 1.165) is 18.8 Å². The molecular weight excluding hydrogens is 229 g/mol. The average Bonchev–Trinajstić information content (AvgIpc) is 3.03. The molecule has 2 N–H and O–H groups in total. The fraction of sp³-hybridized carbons (Fsp3) is 0.500. The molecule has 1 unspecified atom stereocenters. The van der Waals surface area contributed by atoms with Crippen LogP contribution in [-0.4, -0.2) is 6.04 Å². The van der Waals surface area contributed by atoms with Crippen LogP contribution in [0.1, 0.15) is 24.8 Å². The molecule has 1 nitrogen and oxygen atoms in total. The highest BCUT2D eigenvalue weighted by Gasteiger charge is 2.27. The first-order valence-corrected chi connectivity index (χ1v) is 6.12. The smallest absolute Gasteiger partial charge is 0.0595 e. The second kappa shape index (κ2) is 4.73. The highest BCUT2D eigenvalue weighted by molar-refractivity contribution is 6.42. The zero-order valence-electron chi connectivity index (χ0n) is 8.55. The molecule has 2 rings (SSSR count). The summed E-state index contributed by atoms with van der Waals surface area (Å²) in [6.07, 6.45) is 4.66. The summed E-state index contributed by atoms with van der Waals surface area (Å²) in [5.41, 5.74) is 7.26. The topological polar surface area (TPSA) is 26.0 Å². The van der Waals surface area contributed by atoms with Crippen LogP contribution in [0, 0.1) is 5.92 Å². The van der Waals surface area contributed by atoms with Crippen LogP contribution in [0.4, 0.5) is 0 Å². The van der Waals surface area contributed by atoms with Gasteiger partial charge in [0.25, 0.3) is 0 Å². The van der Waals surface area contributed by atoms with Crippen molar-refractivity contribution in [3.8, 4) is 0 Å². The Hall–Kier alpha value is -0.240. The van der Waals surface area contributed by atoms with Gasteiger partial charge >= 0.3 is 0 Å². The van der Waals surface area contributed by atoms with Crippen molar-refractivity contribution in [3.63, 3.8) is 0 Å². The molecule has 1 aliphatic rings. The minimum absolute atomic E-state index is 0.361. The Morgan fingerprint density at radius 1 is 1.27 bits per heavy atom. The lowest BCUT2D eigenvalue weighted by molar-refractivity contribution is 0.550. The minimum atomic E-state index is 0.361. The van der Waals surface area contributed by atoms with E-state index in [9.17, 15) is 0 Å². The Kier molecular flexibility index (Phi) is 3.55. The van der Waals surface area contributed by atoms with E-state index in [2.05, 4.69) is 0 Å². The molecule has 0 saturated heterocycles. The lowest BCUT2D eigenvalue weighted by Crippen LogP contribution is -2.22. The van der Waals surface area contributed by atoms with E-state index in [4.69, 9.17) is 28.9 Å². The maximum absolute atomic E-state index is 6.04. The number of nitrogens with two attached hydrogens (primary N) is 1. The molecule has 82 valence electrons. The third-order valence-electron chi connectivity index (χ3n) is 2.98. The number of rotatable bonds is 4. The van der Waals surface area contributed by atoms with Gasteiger partial charge in [-0.25, -0.2) is 0 Å². The first kappa shape index (κ1) is 11.3. The summed E-state index contributed by atoms with van der Waals surface area (Å²) in [4.78, 5) is 0. The summed E-state index contributed by atoms with van der Waals surface area (Å²) in [6.45, 7) is 0. The quantitative estimate of drug-likeness (QED) is 0.859. The third kappa shape index (κ3) is 3.10. The lowest BCUT2D eigenvalue weighted by Gasteiger charge is -2.10. The molecular formula is C12H15Cl2N. The molecule has 0 aliphatic heterocycles. The van der Waals surface area contributed by atoms with Crippen molar-refractivity contribution in [2.24, 2.45) is 11.7 Å². The summed E-state index contributed by atoms with van der Waals surface area (Å²) >= 11 is 11.8. The maximum Gasteiger partial charge on any atom is 0.0595 e. The molecule has 0 radical (unpaired) electrons. The van der Waals surface area contributed by atoms with Crippen LogP contribution in [0.3, 0.4) is 0 Å². The van der Waals surface area contributed by atoms with Gasteiger partial charge in [0, 0.05) is 6.04 Å². The molecule has 0 bridgehead atoms. The Morgan fingerprint density at radius 3 is 2.60 bits per heavy atom. The summed E-state index contributed by atoms with van der Waals surface area (Å²) < 4.78 is 0. The molecule has 0 aromatic heterocycles. The van der Waals surface area contributed by atoms with E-state index < -0.39 is 0 Å². The Balaban J connectivity index is 1.89. The molecule has 1 atom stereocenters. The second-order valence-electron chi connectivity index (χ2n) is 4.29. The maximum atomic E-state index is 6.04. The molecule has 0 amide bonds. The lowest BCUT2D eigenvalue weighted by atomic mass is 10.0. The zero-order valence-corrected chi connectivity index (χ0v) is 10.1. The van der Waals surface area contributed by atoms with Crippen molar-refractivity contribution in [1.29, 1.82) is 0 Å². The Bertz CT molecular complexity index is 347. The van der Waals surface area contributed by atoms with Gasteiger partial charge in [-0.2, -0.15) is 0 Å². The van der Waals surface area contributed by atoms with Crippen molar-refractivity contribution >= 4 is 23.2 Å². The van der Waals surface area contributed by atoms with Gasteiger partial charge in [-0.05, 0) is 49.3 Å². The number of aryl methyl sites for hydroxylation is 1.